The van der Waals surface area contributed by atoms with Crippen molar-refractivity contribution < 1.29 is 9.59 Å². The predicted molar refractivity (Wildman–Crippen MR) is 74.3 cm³/mol. The second-order valence-corrected chi connectivity index (χ2v) is 5.52. The Morgan fingerprint density at radius 1 is 1.21 bits per heavy atom. The summed E-state index contributed by atoms with van der Waals surface area (Å²) in [6.07, 6.45) is 1.50. The first kappa shape index (κ1) is 14.2. The maximum absolute atomic E-state index is 12.3. The number of primary amides is 1. The van der Waals surface area contributed by atoms with Crippen molar-refractivity contribution in [1.82, 2.24) is 4.90 Å². The molecular weight excluding hydrogens is 287 g/mol. The number of amides is 2. The highest BCUT2D eigenvalue weighted by atomic mass is 35.5. The van der Waals surface area contributed by atoms with Gasteiger partial charge in [0.25, 0.3) is 5.91 Å². The van der Waals surface area contributed by atoms with Crippen molar-refractivity contribution >= 4 is 35.0 Å². The molecule has 102 valence electrons. The molecule has 0 unspecified atom stereocenters. The quantitative estimate of drug-likeness (QED) is 0.911. The Bertz CT molecular complexity index is 499. The molecule has 0 aliphatic carbocycles. The third kappa shape index (κ3) is 3.39. The van der Waals surface area contributed by atoms with E-state index in [9.17, 15) is 9.59 Å². The van der Waals surface area contributed by atoms with Crippen molar-refractivity contribution in [2.75, 3.05) is 13.1 Å². The molecule has 19 heavy (non-hydrogen) atoms. The van der Waals surface area contributed by atoms with Crippen molar-refractivity contribution in [1.29, 1.82) is 0 Å². The molecule has 0 saturated carbocycles. The fraction of sp³-hybridized carbons (Fsp3) is 0.385. The van der Waals surface area contributed by atoms with Gasteiger partial charge in [0.1, 0.15) is 0 Å². The zero-order chi connectivity index (χ0) is 14.0. The maximum Gasteiger partial charge on any atom is 0.253 e. The van der Waals surface area contributed by atoms with Crippen molar-refractivity contribution in [2.45, 2.75) is 12.8 Å². The normalized spacial score (nSPS) is 19.3. The lowest BCUT2D eigenvalue weighted by atomic mass is 9.97. The first-order chi connectivity index (χ1) is 8.97. The molecule has 0 bridgehead atoms. The predicted octanol–water partition coefficient (Wildman–Crippen LogP) is 2.33. The second kappa shape index (κ2) is 5.80. The van der Waals surface area contributed by atoms with Crippen LogP contribution in [0.5, 0.6) is 0 Å². The summed E-state index contributed by atoms with van der Waals surface area (Å²) in [5.74, 6) is -0.802. The Balaban J connectivity index is 2.16. The number of nitrogens with zero attached hydrogens (tertiary/aromatic N) is 1. The zero-order valence-electron chi connectivity index (χ0n) is 10.2. The van der Waals surface area contributed by atoms with Crippen LogP contribution in [0.1, 0.15) is 23.2 Å². The summed E-state index contributed by atoms with van der Waals surface area (Å²) in [5.41, 5.74) is 5.73. The highest BCUT2D eigenvalue weighted by Gasteiger charge is 2.27. The molecule has 0 radical (unpaired) electrons. The van der Waals surface area contributed by atoms with Crippen LogP contribution >= 0.6 is 23.2 Å². The van der Waals surface area contributed by atoms with Gasteiger partial charge in [0.2, 0.25) is 5.91 Å². The monoisotopic (exact) mass is 300 g/mol. The molecule has 1 atom stereocenters. The van der Waals surface area contributed by atoms with Crippen LogP contribution in [0.4, 0.5) is 0 Å². The highest BCUT2D eigenvalue weighted by Crippen LogP contribution is 2.23. The average Bonchev–Trinajstić information content (AvgIpc) is 2.37. The topological polar surface area (TPSA) is 63.4 Å². The summed E-state index contributed by atoms with van der Waals surface area (Å²) in [7, 11) is 0. The van der Waals surface area contributed by atoms with Crippen molar-refractivity contribution in [3.8, 4) is 0 Å². The molecule has 1 aromatic rings. The Kier molecular flexibility index (Phi) is 4.32. The number of rotatable bonds is 2. The molecule has 1 saturated heterocycles. The van der Waals surface area contributed by atoms with Gasteiger partial charge in [0, 0.05) is 28.7 Å². The van der Waals surface area contributed by atoms with Crippen LogP contribution in [0.2, 0.25) is 10.0 Å². The Hall–Kier alpha value is -1.26. The third-order valence-electron chi connectivity index (χ3n) is 3.22. The van der Waals surface area contributed by atoms with Gasteiger partial charge in [-0.3, -0.25) is 9.59 Å². The van der Waals surface area contributed by atoms with Gasteiger partial charge in [-0.25, -0.2) is 0 Å². The Morgan fingerprint density at radius 3 is 2.42 bits per heavy atom. The summed E-state index contributed by atoms with van der Waals surface area (Å²) >= 11 is 11.8. The number of piperidine rings is 1. The highest BCUT2D eigenvalue weighted by molar-refractivity contribution is 6.35. The van der Waals surface area contributed by atoms with E-state index >= 15 is 0 Å². The third-order valence-corrected chi connectivity index (χ3v) is 3.66. The van der Waals surface area contributed by atoms with E-state index in [1.165, 1.54) is 0 Å². The van der Waals surface area contributed by atoms with Crippen LogP contribution in [0.15, 0.2) is 18.2 Å². The minimum atomic E-state index is -0.360. The number of likely N-dealkylation sites (tertiary alicyclic amines) is 1. The van der Waals surface area contributed by atoms with E-state index in [0.717, 1.165) is 12.8 Å². The van der Waals surface area contributed by atoms with Gasteiger partial charge in [-0.1, -0.05) is 23.2 Å². The average molecular weight is 301 g/mol. The minimum Gasteiger partial charge on any atom is -0.369 e. The number of carbonyl (C=O) groups excluding carboxylic acids is 2. The van der Waals surface area contributed by atoms with E-state index < -0.39 is 0 Å². The van der Waals surface area contributed by atoms with Crippen LogP contribution in [0.25, 0.3) is 0 Å². The van der Waals surface area contributed by atoms with E-state index in [2.05, 4.69) is 0 Å². The van der Waals surface area contributed by atoms with Crippen LogP contribution in [-0.4, -0.2) is 29.8 Å². The van der Waals surface area contributed by atoms with Gasteiger partial charge >= 0.3 is 0 Å². The van der Waals surface area contributed by atoms with Crippen LogP contribution in [0.3, 0.4) is 0 Å². The standard InChI is InChI=1S/C13H14Cl2N2O2/c14-10-4-9(5-11(15)6-10)13(19)17-3-1-2-8(7-17)12(16)18/h4-6,8H,1-3,7H2,(H2,16,18)/t8-/m1/s1. The van der Waals surface area contributed by atoms with Gasteiger partial charge in [-0.2, -0.15) is 0 Å². The molecule has 0 aromatic heterocycles. The Morgan fingerprint density at radius 2 is 1.84 bits per heavy atom. The molecule has 1 heterocycles. The van der Waals surface area contributed by atoms with Crippen LogP contribution < -0.4 is 5.73 Å². The molecule has 1 aliphatic rings. The van der Waals surface area contributed by atoms with Gasteiger partial charge in [-0.05, 0) is 31.0 Å². The molecule has 6 heteroatoms. The van der Waals surface area contributed by atoms with Gasteiger partial charge in [0.15, 0.2) is 0 Å². The van der Waals surface area contributed by atoms with Crippen molar-refractivity contribution in [3.63, 3.8) is 0 Å². The lowest BCUT2D eigenvalue weighted by molar-refractivity contribution is -0.123. The number of carbonyl (C=O) groups is 2. The molecule has 4 nitrogen and oxygen atoms in total. The van der Waals surface area contributed by atoms with Gasteiger partial charge < -0.3 is 10.6 Å². The molecular formula is C13H14Cl2N2O2. The number of benzene rings is 1. The lowest BCUT2D eigenvalue weighted by Crippen LogP contribution is -2.44. The van der Waals surface area contributed by atoms with E-state index in [0.29, 0.717) is 28.7 Å². The van der Waals surface area contributed by atoms with Crippen LogP contribution in [0, 0.1) is 5.92 Å². The maximum atomic E-state index is 12.3. The summed E-state index contributed by atoms with van der Waals surface area (Å²) in [6, 6.07) is 4.72. The zero-order valence-corrected chi connectivity index (χ0v) is 11.7. The minimum absolute atomic E-state index is 0.171. The number of hydrogen-bond donors (Lipinski definition) is 1. The van der Waals surface area contributed by atoms with E-state index in [1.807, 2.05) is 0 Å². The largest absolute Gasteiger partial charge is 0.369 e. The number of nitrogens with two attached hydrogens (primary N) is 1. The first-order valence-corrected chi connectivity index (χ1v) is 6.77. The molecule has 2 N–H and O–H groups in total. The van der Waals surface area contributed by atoms with Crippen molar-refractivity contribution in [2.24, 2.45) is 11.7 Å². The van der Waals surface area contributed by atoms with E-state index in [1.54, 1.807) is 23.1 Å². The first-order valence-electron chi connectivity index (χ1n) is 6.02. The summed E-state index contributed by atoms with van der Waals surface area (Å²) in [4.78, 5) is 25.2. The fourth-order valence-electron chi connectivity index (χ4n) is 2.25. The molecule has 2 rings (SSSR count). The smallest absolute Gasteiger partial charge is 0.253 e. The lowest BCUT2D eigenvalue weighted by Gasteiger charge is -2.31. The SMILES string of the molecule is NC(=O)[C@@H]1CCCN(C(=O)c2cc(Cl)cc(Cl)c2)C1. The number of halogens is 2. The molecule has 1 aromatic carbocycles. The summed E-state index contributed by atoms with van der Waals surface area (Å²) in [5, 5.41) is 0.832. The van der Waals surface area contributed by atoms with E-state index in [-0.39, 0.29) is 17.7 Å². The summed E-state index contributed by atoms with van der Waals surface area (Å²) in [6.45, 7) is 0.977. The molecule has 1 aliphatic heterocycles. The van der Waals surface area contributed by atoms with Crippen molar-refractivity contribution in [3.05, 3.63) is 33.8 Å². The fourth-order valence-corrected chi connectivity index (χ4v) is 2.78. The Labute approximate surface area is 121 Å². The summed E-state index contributed by atoms with van der Waals surface area (Å²) < 4.78 is 0. The molecule has 2 amide bonds. The molecule has 0 spiro atoms. The number of hydrogen-bond acceptors (Lipinski definition) is 2. The molecule has 1 fully saturated rings. The van der Waals surface area contributed by atoms with Gasteiger partial charge in [0.05, 0.1) is 5.92 Å². The van der Waals surface area contributed by atoms with E-state index in [4.69, 9.17) is 28.9 Å². The van der Waals surface area contributed by atoms with Gasteiger partial charge in [-0.15, -0.1) is 0 Å². The second-order valence-electron chi connectivity index (χ2n) is 4.65. The van der Waals surface area contributed by atoms with Crippen LogP contribution in [-0.2, 0) is 4.79 Å².